The van der Waals surface area contributed by atoms with Gasteiger partial charge in [0.05, 0.1) is 27.2 Å². The van der Waals surface area contributed by atoms with Gasteiger partial charge in [-0.05, 0) is 37.5 Å². The van der Waals surface area contributed by atoms with E-state index in [4.69, 9.17) is 0 Å². The summed E-state index contributed by atoms with van der Waals surface area (Å²) >= 11 is 0. The highest BCUT2D eigenvalue weighted by molar-refractivity contribution is 4.64. The summed E-state index contributed by atoms with van der Waals surface area (Å²) in [5.41, 5.74) is 0. The SMILES string of the molecule is CCCCCCCCCCC(CCCCCCCC)CCCCC[N+](C)(C)CCCCCC(CCCCCCCC)CCCCCCCCCC. The highest BCUT2D eigenvalue weighted by atomic mass is 15.3. The lowest BCUT2D eigenvalue weighted by molar-refractivity contribution is -0.890. The zero-order valence-electron chi connectivity index (χ0n) is 37.3. The summed E-state index contributed by atoms with van der Waals surface area (Å²) < 4.78 is 1.25. The average molecular weight is 719 g/mol. The minimum atomic E-state index is 1.01. The third-order valence-electron chi connectivity index (χ3n) is 12.6. The van der Waals surface area contributed by atoms with Crippen LogP contribution >= 0.6 is 0 Å². The van der Waals surface area contributed by atoms with Gasteiger partial charge in [0, 0.05) is 0 Å². The Morgan fingerprint density at radius 2 is 0.412 bits per heavy atom. The number of unbranched alkanes of at least 4 members (excludes halogenated alkanes) is 28. The van der Waals surface area contributed by atoms with Crippen LogP contribution in [0.2, 0.25) is 0 Å². The molecule has 1 nitrogen and oxygen atoms in total. The highest BCUT2D eigenvalue weighted by Crippen LogP contribution is 2.26. The smallest absolute Gasteiger partial charge is 0.0782 e. The second kappa shape index (κ2) is 41.1. The van der Waals surface area contributed by atoms with Gasteiger partial charge in [0.15, 0.2) is 0 Å². The zero-order chi connectivity index (χ0) is 37.4. The van der Waals surface area contributed by atoms with Gasteiger partial charge in [-0.1, -0.05) is 259 Å². The fourth-order valence-corrected chi connectivity index (χ4v) is 8.84. The Hall–Kier alpha value is -0.0400. The van der Waals surface area contributed by atoms with Crippen LogP contribution in [-0.2, 0) is 0 Å². The molecule has 0 aromatic carbocycles. The number of hydrogen-bond donors (Lipinski definition) is 0. The van der Waals surface area contributed by atoms with Crippen molar-refractivity contribution in [1.82, 2.24) is 0 Å². The van der Waals surface area contributed by atoms with Crippen molar-refractivity contribution in [3.8, 4) is 0 Å². The maximum Gasteiger partial charge on any atom is 0.0782 e. The first-order chi connectivity index (χ1) is 25.0. The minimum absolute atomic E-state index is 1.01. The first-order valence-electron chi connectivity index (χ1n) is 24.8. The molecule has 1 heteroatoms. The monoisotopic (exact) mass is 719 g/mol. The van der Waals surface area contributed by atoms with E-state index in [1.807, 2.05) is 0 Å². The first kappa shape index (κ1) is 51.0. The molecule has 0 bridgehead atoms. The molecule has 0 aliphatic rings. The maximum absolute atomic E-state index is 2.52. The van der Waals surface area contributed by atoms with Crippen molar-refractivity contribution in [1.29, 1.82) is 0 Å². The van der Waals surface area contributed by atoms with Gasteiger partial charge < -0.3 is 4.48 Å². The molecule has 2 atom stereocenters. The Balaban J connectivity index is 4.31. The fourth-order valence-electron chi connectivity index (χ4n) is 8.84. The van der Waals surface area contributed by atoms with Crippen LogP contribution in [-0.4, -0.2) is 31.7 Å². The fraction of sp³-hybridized carbons (Fsp3) is 1.00. The van der Waals surface area contributed by atoms with Crippen LogP contribution in [0.15, 0.2) is 0 Å². The second-order valence-corrected chi connectivity index (χ2v) is 18.5. The van der Waals surface area contributed by atoms with Crippen LogP contribution < -0.4 is 0 Å². The molecule has 0 radical (unpaired) electrons. The molecular formula is C50H104N+. The summed E-state index contributed by atoms with van der Waals surface area (Å²) in [7, 11) is 5.04. The van der Waals surface area contributed by atoms with Crippen molar-refractivity contribution < 1.29 is 4.48 Å². The van der Waals surface area contributed by atoms with Crippen LogP contribution in [0, 0.1) is 11.8 Å². The molecule has 308 valence electrons. The molecule has 0 rings (SSSR count). The Labute approximate surface area is 327 Å². The highest BCUT2D eigenvalue weighted by Gasteiger charge is 2.15. The number of nitrogens with zero attached hydrogens (tertiary/aromatic N) is 1. The third kappa shape index (κ3) is 39.5. The predicted octanol–water partition coefficient (Wildman–Crippen LogP) is 18.0. The molecule has 0 aliphatic carbocycles. The largest absolute Gasteiger partial charge is 0.328 e. The van der Waals surface area contributed by atoms with E-state index >= 15 is 0 Å². The summed E-state index contributed by atoms with van der Waals surface area (Å²) in [5.74, 6) is 2.03. The van der Waals surface area contributed by atoms with Crippen LogP contribution in [0.25, 0.3) is 0 Å². The second-order valence-electron chi connectivity index (χ2n) is 18.5. The number of rotatable bonds is 44. The lowest BCUT2D eigenvalue weighted by Crippen LogP contribution is -2.41. The quantitative estimate of drug-likeness (QED) is 0.0435. The Bertz CT molecular complexity index is 573. The molecule has 0 spiro atoms. The van der Waals surface area contributed by atoms with Gasteiger partial charge in [-0.25, -0.2) is 0 Å². The summed E-state index contributed by atoms with van der Waals surface area (Å²) in [6, 6.07) is 0. The minimum Gasteiger partial charge on any atom is -0.328 e. The molecule has 0 N–H and O–H groups in total. The summed E-state index contributed by atoms with van der Waals surface area (Å²) in [6.07, 6.45) is 58.7. The van der Waals surface area contributed by atoms with E-state index in [0.717, 1.165) is 11.8 Å². The van der Waals surface area contributed by atoms with Gasteiger partial charge >= 0.3 is 0 Å². The number of hydrogen-bond acceptors (Lipinski definition) is 0. The third-order valence-corrected chi connectivity index (χ3v) is 12.6. The van der Waals surface area contributed by atoms with Crippen LogP contribution in [0.3, 0.4) is 0 Å². The van der Waals surface area contributed by atoms with Crippen molar-refractivity contribution in [2.45, 2.75) is 285 Å². The van der Waals surface area contributed by atoms with Gasteiger partial charge in [-0.15, -0.1) is 0 Å². The molecule has 0 saturated carbocycles. The lowest BCUT2D eigenvalue weighted by Gasteiger charge is -2.30. The van der Waals surface area contributed by atoms with Crippen molar-refractivity contribution in [3.05, 3.63) is 0 Å². The van der Waals surface area contributed by atoms with Crippen molar-refractivity contribution in [3.63, 3.8) is 0 Å². The van der Waals surface area contributed by atoms with E-state index in [0.29, 0.717) is 0 Å². The van der Waals surface area contributed by atoms with E-state index in [2.05, 4.69) is 41.8 Å². The summed E-state index contributed by atoms with van der Waals surface area (Å²) in [6.45, 7) is 12.1. The van der Waals surface area contributed by atoms with Gasteiger partial charge in [-0.3, -0.25) is 0 Å². The molecule has 0 aromatic rings. The van der Waals surface area contributed by atoms with E-state index < -0.39 is 0 Å². The molecule has 0 saturated heterocycles. The van der Waals surface area contributed by atoms with Crippen LogP contribution in [0.5, 0.6) is 0 Å². The molecular weight excluding hydrogens is 615 g/mol. The van der Waals surface area contributed by atoms with E-state index in [-0.39, 0.29) is 0 Å². The molecule has 0 heterocycles. The molecule has 0 amide bonds. The van der Waals surface area contributed by atoms with Gasteiger partial charge in [0.25, 0.3) is 0 Å². The Morgan fingerprint density at radius 1 is 0.235 bits per heavy atom. The average Bonchev–Trinajstić information content (AvgIpc) is 3.12. The van der Waals surface area contributed by atoms with Crippen molar-refractivity contribution in [2.24, 2.45) is 11.8 Å². The van der Waals surface area contributed by atoms with E-state index in [1.54, 1.807) is 0 Å². The first-order valence-corrected chi connectivity index (χ1v) is 24.8. The van der Waals surface area contributed by atoms with Crippen molar-refractivity contribution in [2.75, 3.05) is 27.2 Å². The summed E-state index contributed by atoms with van der Waals surface area (Å²) in [4.78, 5) is 0. The van der Waals surface area contributed by atoms with E-state index in [1.165, 1.54) is 274 Å². The standard InChI is InChI=1S/C50H104N/c1-7-11-15-19-23-25-29-35-43-49(41-33-27-21-17-13-9-3)45-37-31-39-47-51(5,6)48-40-32-38-46-50(42-34-28-22-18-14-10-4)44-36-30-26-24-20-16-12-8-2/h49-50H,7-48H2,1-6H3/q+1. The molecule has 0 fully saturated rings. The molecule has 0 aliphatic heterocycles. The van der Waals surface area contributed by atoms with Gasteiger partial charge in [0.2, 0.25) is 0 Å². The Morgan fingerprint density at radius 3 is 0.627 bits per heavy atom. The summed E-state index contributed by atoms with van der Waals surface area (Å²) in [5, 5.41) is 0. The topological polar surface area (TPSA) is 0 Å². The Kier molecular flexibility index (Phi) is 41.1. The van der Waals surface area contributed by atoms with Crippen LogP contribution in [0.4, 0.5) is 0 Å². The van der Waals surface area contributed by atoms with E-state index in [9.17, 15) is 0 Å². The normalized spacial score (nSPS) is 13.3. The van der Waals surface area contributed by atoms with Gasteiger partial charge in [-0.2, -0.15) is 0 Å². The van der Waals surface area contributed by atoms with Crippen molar-refractivity contribution >= 4 is 0 Å². The maximum atomic E-state index is 2.52. The molecule has 51 heavy (non-hydrogen) atoms. The molecule has 2 unspecified atom stereocenters. The predicted molar refractivity (Wildman–Crippen MR) is 236 cm³/mol. The molecule has 0 aromatic heterocycles. The van der Waals surface area contributed by atoms with Gasteiger partial charge in [0.1, 0.15) is 0 Å². The lowest BCUT2D eigenvalue weighted by atomic mass is 9.89. The zero-order valence-corrected chi connectivity index (χ0v) is 37.3. The number of quaternary nitrogens is 1. The van der Waals surface area contributed by atoms with Crippen LogP contribution in [0.1, 0.15) is 285 Å².